The number of para-hydroxylation sites is 1. The molecule has 1 atom stereocenters. The molecule has 1 aromatic rings. The standard InChI is InChI=1S/C22H24N4O6/c1-3-22(13-8-7-11-16-10-5-6-12-17(16)26(30)31)14-9-15-25(21(22)29)19(27)18(24-23)20(28)32-4-2/h5-6,10,12H,3-4,8-9,13-15H2,1-2H3/p+1. The Labute approximate surface area is 185 Å². The van der Waals surface area contributed by atoms with Crippen molar-refractivity contribution in [1.82, 2.24) is 4.90 Å². The van der Waals surface area contributed by atoms with E-state index >= 15 is 0 Å². The molecule has 0 spiro atoms. The van der Waals surface area contributed by atoms with Crippen molar-refractivity contribution < 1.29 is 24.4 Å². The number of likely N-dealkylation sites (tertiary alicyclic amines) is 1. The molecule has 0 bridgehead atoms. The van der Waals surface area contributed by atoms with Crippen LogP contribution in [0.4, 0.5) is 5.69 Å². The van der Waals surface area contributed by atoms with Gasteiger partial charge in [-0.25, -0.2) is 0 Å². The first-order valence-corrected chi connectivity index (χ1v) is 10.3. The normalized spacial score (nSPS) is 18.7. The van der Waals surface area contributed by atoms with Crippen LogP contribution in [0.25, 0.3) is 4.98 Å². The van der Waals surface area contributed by atoms with E-state index in [2.05, 4.69) is 16.8 Å². The number of carbonyl (C=O) groups excluding carboxylic acids is 2. The molecule has 1 aliphatic heterocycles. The highest BCUT2D eigenvalue weighted by molar-refractivity contribution is 6.07. The van der Waals surface area contributed by atoms with Gasteiger partial charge in [0.25, 0.3) is 5.69 Å². The van der Waals surface area contributed by atoms with Crippen molar-refractivity contribution in [1.29, 1.82) is 5.39 Å². The lowest BCUT2D eigenvalue weighted by Gasteiger charge is -2.39. The zero-order chi connectivity index (χ0) is 23.7. The third-order valence-electron chi connectivity index (χ3n) is 5.50. The van der Waals surface area contributed by atoms with Gasteiger partial charge >= 0.3 is 17.5 Å². The maximum Gasteiger partial charge on any atom is 0.528 e. The molecule has 1 fully saturated rings. The number of carbonyl (C=O) groups is 2. The van der Waals surface area contributed by atoms with Gasteiger partial charge in [0, 0.05) is 19.0 Å². The Balaban J connectivity index is 2.21. The van der Waals surface area contributed by atoms with Gasteiger partial charge in [-0.15, -0.1) is 0 Å². The Morgan fingerprint density at radius 2 is 2.12 bits per heavy atom. The summed E-state index contributed by atoms with van der Waals surface area (Å²) in [7, 11) is 0. The van der Waals surface area contributed by atoms with Gasteiger partial charge in [0.05, 0.1) is 16.9 Å². The van der Waals surface area contributed by atoms with Gasteiger partial charge in [-0.3, -0.25) is 24.6 Å². The van der Waals surface area contributed by atoms with Crippen LogP contribution in [0.2, 0.25) is 0 Å². The van der Waals surface area contributed by atoms with Crippen molar-refractivity contribution in [3.05, 3.63) is 56.6 Å². The number of benzene rings is 1. The number of rotatable bonds is 7. The molecule has 0 saturated carbocycles. The monoisotopic (exact) mass is 441 g/mol. The van der Waals surface area contributed by atoms with Crippen LogP contribution in [-0.4, -0.2) is 39.9 Å². The van der Waals surface area contributed by atoms with Gasteiger partial charge in [0.15, 0.2) is 4.98 Å². The summed E-state index contributed by atoms with van der Waals surface area (Å²) in [5, 5.41) is 30.1. The topological polar surface area (TPSA) is 138 Å². The Hall–Kier alpha value is -3.92. The van der Waals surface area contributed by atoms with Crippen LogP contribution in [-0.2, 0) is 14.3 Å². The maximum atomic E-state index is 13.2. The lowest BCUT2D eigenvalue weighted by Crippen LogP contribution is -2.51. The molecule has 1 aliphatic rings. The zero-order valence-corrected chi connectivity index (χ0v) is 18.0. The summed E-state index contributed by atoms with van der Waals surface area (Å²) < 4.78 is 4.82. The molecule has 2 rings (SSSR count). The van der Waals surface area contributed by atoms with Gasteiger partial charge in [-0.2, -0.15) is 0 Å². The van der Waals surface area contributed by atoms with Crippen LogP contribution in [0.5, 0.6) is 0 Å². The number of diazo groups is 1. The van der Waals surface area contributed by atoms with Crippen LogP contribution < -0.4 is 0 Å². The molecule has 1 N–H and O–H groups in total. The van der Waals surface area contributed by atoms with E-state index in [1.165, 1.54) is 6.07 Å². The molecule has 32 heavy (non-hydrogen) atoms. The second kappa shape index (κ2) is 10.9. The van der Waals surface area contributed by atoms with Crippen LogP contribution in [0, 0.1) is 32.8 Å². The highest BCUT2D eigenvalue weighted by Gasteiger charge is 2.48. The third-order valence-corrected chi connectivity index (χ3v) is 5.50. The smallest absolute Gasteiger partial charge is 0.475 e. The fourth-order valence-electron chi connectivity index (χ4n) is 3.71. The van der Waals surface area contributed by atoms with E-state index < -0.39 is 33.8 Å². The van der Waals surface area contributed by atoms with E-state index in [4.69, 9.17) is 10.1 Å². The van der Waals surface area contributed by atoms with E-state index in [1.54, 1.807) is 25.1 Å². The number of aliphatic hydroxyl groups excluding tert-OH is 1. The van der Waals surface area contributed by atoms with Gasteiger partial charge in [-0.1, -0.05) is 30.9 Å². The summed E-state index contributed by atoms with van der Waals surface area (Å²) >= 11 is 0. The summed E-state index contributed by atoms with van der Waals surface area (Å²) in [6.45, 7) is 3.59. The van der Waals surface area contributed by atoms with Gasteiger partial charge in [0.1, 0.15) is 5.56 Å². The van der Waals surface area contributed by atoms with Crippen LogP contribution in [0.15, 0.2) is 35.9 Å². The fourth-order valence-corrected chi connectivity index (χ4v) is 3.71. The molecular formula is C22H25N4O6+. The number of amides is 2. The number of hydrogen-bond acceptors (Lipinski definition) is 7. The number of ether oxygens (including phenoxy) is 1. The van der Waals surface area contributed by atoms with Gasteiger partial charge in [0.2, 0.25) is 11.3 Å². The fraction of sp³-hybridized carbons (Fsp3) is 0.455. The largest absolute Gasteiger partial charge is 0.528 e. The lowest BCUT2D eigenvalue weighted by atomic mass is 9.73. The molecule has 1 aromatic carbocycles. The van der Waals surface area contributed by atoms with Crippen LogP contribution in [0.1, 0.15) is 51.5 Å². The van der Waals surface area contributed by atoms with Crippen molar-refractivity contribution in [2.24, 2.45) is 5.41 Å². The molecule has 168 valence electrons. The summed E-state index contributed by atoms with van der Waals surface area (Å²) in [6.07, 6.45) is 2.19. The van der Waals surface area contributed by atoms with E-state index in [0.29, 0.717) is 37.7 Å². The number of nitro groups is 1. The van der Waals surface area contributed by atoms with Crippen LogP contribution in [0.3, 0.4) is 0 Å². The summed E-state index contributed by atoms with van der Waals surface area (Å²) in [6, 6.07) is 6.16. The number of nitrogens with zero attached hydrogens (tertiary/aromatic N) is 4. The van der Waals surface area contributed by atoms with Crippen LogP contribution >= 0.6 is 0 Å². The number of imide groups is 1. The lowest BCUT2D eigenvalue weighted by molar-refractivity contribution is -0.385. The molecule has 10 heteroatoms. The van der Waals surface area contributed by atoms with E-state index in [0.717, 1.165) is 4.90 Å². The Bertz CT molecular complexity index is 1030. The van der Waals surface area contributed by atoms with Crippen molar-refractivity contribution in [3.63, 3.8) is 0 Å². The summed E-state index contributed by atoms with van der Waals surface area (Å²) in [5.74, 6) is 3.47. The first-order valence-electron chi connectivity index (χ1n) is 10.3. The Morgan fingerprint density at radius 1 is 1.41 bits per heavy atom. The minimum atomic E-state index is -0.938. The second-order valence-corrected chi connectivity index (χ2v) is 7.26. The molecule has 2 amide bonds. The molecule has 0 radical (unpaired) electrons. The number of aliphatic hydroxyl groups is 1. The first-order chi connectivity index (χ1) is 15.3. The molecule has 0 aromatic heterocycles. The van der Waals surface area contributed by atoms with Gasteiger partial charge in [-0.05, 0) is 38.7 Å². The predicted molar refractivity (Wildman–Crippen MR) is 114 cm³/mol. The number of piperidine rings is 1. The summed E-state index contributed by atoms with van der Waals surface area (Å²) in [5.41, 5.74) is -1.38. The molecule has 1 unspecified atom stereocenters. The average Bonchev–Trinajstić information content (AvgIpc) is 2.78. The van der Waals surface area contributed by atoms with Crippen molar-refractivity contribution in [3.8, 4) is 11.8 Å². The average molecular weight is 441 g/mol. The maximum absolute atomic E-state index is 13.2. The second-order valence-electron chi connectivity index (χ2n) is 7.26. The highest BCUT2D eigenvalue weighted by Crippen LogP contribution is 2.39. The molecule has 10 nitrogen and oxygen atoms in total. The minimum absolute atomic E-state index is 0.0449. The molecular weight excluding hydrogens is 416 g/mol. The van der Waals surface area contributed by atoms with E-state index in [9.17, 15) is 24.8 Å². The Kier molecular flexibility index (Phi) is 8.31. The minimum Gasteiger partial charge on any atom is -0.475 e. The van der Waals surface area contributed by atoms with Crippen molar-refractivity contribution >= 4 is 17.5 Å². The third kappa shape index (κ3) is 5.22. The van der Waals surface area contributed by atoms with E-state index in [-0.39, 0.29) is 18.8 Å². The van der Waals surface area contributed by atoms with Gasteiger partial charge < -0.3 is 9.84 Å². The number of nitro benzene ring substituents is 1. The van der Waals surface area contributed by atoms with E-state index in [1.807, 2.05) is 6.92 Å². The van der Waals surface area contributed by atoms with Crippen molar-refractivity contribution in [2.45, 2.75) is 46.0 Å². The zero-order valence-electron chi connectivity index (χ0n) is 18.0. The van der Waals surface area contributed by atoms with Crippen molar-refractivity contribution in [2.75, 3.05) is 13.2 Å². The summed E-state index contributed by atoms with van der Waals surface area (Å²) in [4.78, 5) is 40.3. The number of hydrogen-bond donors (Lipinski definition) is 1. The SMILES string of the molecule is CCO/C(O)=C(\[N+]#N)C(=O)N1CCCC(CC)(CCC#Cc2ccccc2[N+](=O)[O-])C1=O. The molecule has 0 aliphatic carbocycles. The highest BCUT2D eigenvalue weighted by atomic mass is 16.6. The molecule has 1 saturated heterocycles. The predicted octanol–water partition coefficient (Wildman–Crippen LogP) is 3.89. The Morgan fingerprint density at radius 3 is 2.75 bits per heavy atom. The quantitative estimate of drug-likeness (QED) is 0.169. The molecule has 1 heterocycles. The first kappa shape index (κ1) is 24.4.